The summed E-state index contributed by atoms with van der Waals surface area (Å²) in [6.45, 7) is 0.265. The van der Waals surface area contributed by atoms with Gasteiger partial charge in [0.15, 0.2) is 0 Å². The van der Waals surface area contributed by atoms with Crippen molar-refractivity contribution in [3.05, 3.63) is 29.8 Å². The van der Waals surface area contributed by atoms with Crippen LogP contribution in [0.1, 0.15) is 12.8 Å². The second-order valence-electron chi connectivity index (χ2n) is 4.79. The number of hydrogen-bond donors (Lipinski definition) is 0. The number of alkyl halides is 1. The fraction of sp³-hybridized carbons (Fsp3) is 0.500. The van der Waals surface area contributed by atoms with Crippen LogP contribution in [-0.2, 0) is 10.0 Å². The topological polar surface area (TPSA) is 37.4 Å². The predicted octanol–water partition coefficient (Wildman–Crippen LogP) is 2.60. The van der Waals surface area contributed by atoms with Gasteiger partial charge in [-0.3, -0.25) is 0 Å². The van der Waals surface area contributed by atoms with E-state index in [0.29, 0.717) is 6.07 Å². The van der Waals surface area contributed by atoms with E-state index in [4.69, 9.17) is 11.6 Å². The summed E-state index contributed by atoms with van der Waals surface area (Å²) in [4.78, 5) is -0.628. The number of sulfonamides is 1. The Bertz CT molecular complexity index is 573. The second-order valence-corrected chi connectivity index (χ2v) is 7.43. The van der Waals surface area contributed by atoms with Crippen LogP contribution in [-0.4, -0.2) is 31.7 Å². The van der Waals surface area contributed by atoms with Crippen molar-refractivity contribution in [2.45, 2.75) is 23.1 Å². The molecule has 3 nitrogen and oxygen atoms in total. The Balaban J connectivity index is 2.19. The van der Waals surface area contributed by atoms with E-state index >= 15 is 0 Å². The van der Waals surface area contributed by atoms with Crippen LogP contribution in [0.15, 0.2) is 23.1 Å². The molecule has 0 atom stereocenters. The third-order valence-electron chi connectivity index (χ3n) is 3.27. The highest BCUT2D eigenvalue weighted by Gasteiger charge is 2.32. The molecule has 0 aliphatic heterocycles. The average molecular weight is 310 g/mol. The highest BCUT2D eigenvalue weighted by atomic mass is 35.5. The van der Waals surface area contributed by atoms with E-state index in [1.54, 1.807) is 0 Å². The molecule has 0 aromatic heterocycles. The molecule has 1 saturated carbocycles. The summed E-state index contributed by atoms with van der Waals surface area (Å²) in [7, 11) is -2.64. The lowest BCUT2D eigenvalue weighted by Crippen LogP contribution is -2.38. The Kier molecular flexibility index (Phi) is 4.13. The Labute approximate surface area is 116 Å². The van der Waals surface area contributed by atoms with Gasteiger partial charge in [-0.1, -0.05) is 0 Å². The molecule has 0 N–H and O–H groups in total. The Hall–Kier alpha value is -0.720. The molecule has 0 amide bonds. The summed E-state index contributed by atoms with van der Waals surface area (Å²) in [5, 5.41) is 0.0898. The van der Waals surface area contributed by atoms with Gasteiger partial charge in [0.05, 0.1) is 0 Å². The zero-order chi connectivity index (χ0) is 14.2. The quantitative estimate of drug-likeness (QED) is 0.802. The van der Waals surface area contributed by atoms with Gasteiger partial charge in [-0.2, -0.15) is 0 Å². The van der Waals surface area contributed by atoms with E-state index < -0.39 is 26.6 Å². The third-order valence-corrected chi connectivity index (χ3v) is 5.47. The van der Waals surface area contributed by atoms with E-state index in [2.05, 4.69) is 0 Å². The predicted molar refractivity (Wildman–Crippen MR) is 68.5 cm³/mol. The zero-order valence-corrected chi connectivity index (χ0v) is 11.9. The van der Waals surface area contributed by atoms with Gasteiger partial charge in [0, 0.05) is 19.0 Å². The van der Waals surface area contributed by atoms with Crippen LogP contribution < -0.4 is 0 Å². The van der Waals surface area contributed by atoms with Crippen molar-refractivity contribution in [1.82, 2.24) is 4.31 Å². The fourth-order valence-electron chi connectivity index (χ4n) is 2.11. The molecule has 0 saturated heterocycles. The Morgan fingerprint density at radius 2 is 2.00 bits per heavy atom. The van der Waals surface area contributed by atoms with Crippen molar-refractivity contribution in [2.75, 3.05) is 13.6 Å². The van der Waals surface area contributed by atoms with Crippen molar-refractivity contribution in [1.29, 1.82) is 0 Å². The molecule has 2 rings (SSSR count). The highest BCUT2D eigenvalue weighted by molar-refractivity contribution is 7.89. The molecule has 0 spiro atoms. The van der Waals surface area contributed by atoms with Crippen LogP contribution in [0.2, 0.25) is 0 Å². The largest absolute Gasteiger partial charge is 0.245 e. The lowest BCUT2D eigenvalue weighted by Gasteiger charge is -2.33. The van der Waals surface area contributed by atoms with Gasteiger partial charge in [-0.15, -0.1) is 11.6 Å². The summed E-state index contributed by atoms with van der Waals surface area (Å²) in [6.07, 6.45) is 1.49. The molecule has 1 aromatic carbocycles. The third kappa shape index (κ3) is 3.07. The molecule has 1 aliphatic rings. The van der Waals surface area contributed by atoms with Gasteiger partial charge in [0.1, 0.15) is 16.5 Å². The van der Waals surface area contributed by atoms with Crippen LogP contribution in [0.4, 0.5) is 8.78 Å². The van der Waals surface area contributed by atoms with Gasteiger partial charge in [0.25, 0.3) is 0 Å². The minimum atomic E-state index is -4.01. The molecule has 0 radical (unpaired) electrons. The summed E-state index contributed by atoms with van der Waals surface area (Å²) < 4.78 is 51.9. The molecule has 0 unspecified atom stereocenters. The lowest BCUT2D eigenvalue weighted by atomic mass is 9.85. The normalized spacial score (nSPS) is 23.4. The number of nitrogens with zero attached hydrogens (tertiary/aromatic N) is 1. The number of halogens is 3. The van der Waals surface area contributed by atoms with E-state index in [1.165, 1.54) is 7.05 Å². The molecular weight excluding hydrogens is 296 g/mol. The van der Waals surface area contributed by atoms with Crippen molar-refractivity contribution in [3.8, 4) is 0 Å². The van der Waals surface area contributed by atoms with Crippen molar-refractivity contribution >= 4 is 21.6 Å². The molecule has 1 aromatic rings. The summed E-state index contributed by atoms with van der Waals surface area (Å²) >= 11 is 5.83. The van der Waals surface area contributed by atoms with E-state index in [-0.39, 0.29) is 17.8 Å². The maximum atomic E-state index is 13.5. The SMILES string of the molecule is CN(CC1CC(Cl)C1)S(=O)(=O)c1cc(F)ccc1F. The monoisotopic (exact) mass is 309 g/mol. The average Bonchev–Trinajstić information content (AvgIpc) is 2.30. The summed E-state index contributed by atoms with van der Waals surface area (Å²) in [6, 6.07) is 2.40. The minimum Gasteiger partial charge on any atom is -0.207 e. The fourth-order valence-corrected chi connectivity index (χ4v) is 3.93. The van der Waals surface area contributed by atoms with Crippen LogP contribution in [0.5, 0.6) is 0 Å². The number of hydrogen-bond acceptors (Lipinski definition) is 2. The maximum absolute atomic E-state index is 13.5. The first-order valence-electron chi connectivity index (χ1n) is 5.86. The molecule has 0 bridgehead atoms. The highest BCUT2D eigenvalue weighted by Crippen LogP contribution is 2.33. The number of rotatable bonds is 4. The second kappa shape index (κ2) is 5.34. The van der Waals surface area contributed by atoms with Crippen molar-refractivity contribution in [2.24, 2.45) is 5.92 Å². The first kappa shape index (κ1) is 14.7. The van der Waals surface area contributed by atoms with E-state index in [9.17, 15) is 17.2 Å². The van der Waals surface area contributed by atoms with E-state index in [0.717, 1.165) is 29.3 Å². The van der Waals surface area contributed by atoms with Crippen LogP contribution in [0.25, 0.3) is 0 Å². The van der Waals surface area contributed by atoms with Gasteiger partial charge in [0.2, 0.25) is 10.0 Å². The minimum absolute atomic E-state index is 0.0898. The maximum Gasteiger partial charge on any atom is 0.245 e. The van der Waals surface area contributed by atoms with Gasteiger partial charge >= 0.3 is 0 Å². The van der Waals surface area contributed by atoms with Crippen LogP contribution >= 0.6 is 11.6 Å². The van der Waals surface area contributed by atoms with Crippen molar-refractivity contribution < 1.29 is 17.2 Å². The Morgan fingerprint density at radius 3 is 2.58 bits per heavy atom. The molecule has 19 heavy (non-hydrogen) atoms. The first-order valence-corrected chi connectivity index (χ1v) is 7.74. The molecule has 1 aliphatic carbocycles. The Morgan fingerprint density at radius 1 is 1.37 bits per heavy atom. The first-order chi connectivity index (χ1) is 8.80. The summed E-state index contributed by atoms with van der Waals surface area (Å²) in [5.74, 6) is -1.55. The number of benzene rings is 1. The van der Waals surface area contributed by atoms with Crippen molar-refractivity contribution in [3.63, 3.8) is 0 Å². The molecule has 7 heteroatoms. The lowest BCUT2D eigenvalue weighted by molar-refractivity contribution is 0.268. The van der Waals surface area contributed by atoms with Gasteiger partial charge < -0.3 is 0 Å². The molecule has 106 valence electrons. The molecule has 1 fully saturated rings. The van der Waals surface area contributed by atoms with Crippen LogP contribution in [0, 0.1) is 17.6 Å². The van der Waals surface area contributed by atoms with Gasteiger partial charge in [-0.05, 0) is 37.0 Å². The zero-order valence-electron chi connectivity index (χ0n) is 10.3. The standard InChI is InChI=1S/C12H14ClF2NO2S/c1-16(7-8-4-9(13)5-8)19(17,18)12-6-10(14)2-3-11(12)15/h2-3,6,8-9H,4-5,7H2,1H3. The molecular formula is C12H14ClF2NO2S. The van der Waals surface area contributed by atoms with Crippen LogP contribution in [0.3, 0.4) is 0 Å². The smallest absolute Gasteiger partial charge is 0.207 e. The van der Waals surface area contributed by atoms with Gasteiger partial charge in [-0.25, -0.2) is 21.5 Å². The molecule has 0 heterocycles. The van der Waals surface area contributed by atoms with E-state index in [1.807, 2.05) is 0 Å². The summed E-state index contributed by atoms with van der Waals surface area (Å²) in [5.41, 5.74) is 0.